The third kappa shape index (κ3) is 3.52. The van der Waals surface area contributed by atoms with Crippen LogP contribution < -0.4 is 9.67 Å². The molecule has 1 aliphatic rings. The van der Waals surface area contributed by atoms with E-state index in [9.17, 15) is 13.2 Å². The molecule has 1 aliphatic heterocycles. The molecule has 0 amide bonds. The zero-order valence-corrected chi connectivity index (χ0v) is 10.7. The van der Waals surface area contributed by atoms with Crippen LogP contribution in [-0.4, -0.2) is 18.4 Å². The number of carbonyl (C=O) groups excluding carboxylic acids is 1. The van der Waals surface area contributed by atoms with E-state index < -0.39 is 12.1 Å². The summed E-state index contributed by atoms with van der Waals surface area (Å²) in [6.07, 6.45) is -1.16. The van der Waals surface area contributed by atoms with Gasteiger partial charge in [-0.25, -0.2) is 4.57 Å². The molecule has 2 heterocycles. The van der Waals surface area contributed by atoms with Gasteiger partial charge in [0.25, 0.3) is 0 Å². The fourth-order valence-corrected chi connectivity index (χ4v) is 1.56. The molecule has 104 valence electrons. The van der Waals surface area contributed by atoms with Crippen LogP contribution in [0.5, 0.6) is 0 Å². The van der Waals surface area contributed by atoms with E-state index in [2.05, 4.69) is 35.5 Å². The summed E-state index contributed by atoms with van der Waals surface area (Å²) >= 11 is 0. The maximum absolute atomic E-state index is 10.5. The highest BCUT2D eigenvalue weighted by Crippen LogP contribution is 2.32. The molecule has 0 saturated carbocycles. The van der Waals surface area contributed by atoms with Crippen LogP contribution in [-0.2, 0) is 17.3 Å². The number of hydrogen-bond acceptors (Lipinski definition) is 3. The molecular weight excluding hydrogens is 261 g/mol. The second-order valence-electron chi connectivity index (χ2n) is 4.62. The van der Waals surface area contributed by atoms with Crippen molar-refractivity contribution in [3.8, 4) is 0 Å². The van der Waals surface area contributed by atoms with E-state index >= 15 is 0 Å². The van der Waals surface area contributed by atoms with Gasteiger partial charge in [-0.3, -0.25) is 0 Å². The third-order valence-corrected chi connectivity index (χ3v) is 2.58. The molecule has 4 nitrogen and oxygen atoms in total. The van der Waals surface area contributed by atoms with Gasteiger partial charge in [-0.15, -0.1) is 0 Å². The first-order valence-electron chi connectivity index (χ1n) is 5.38. The predicted molar refractivity (Wildman–Crippen MR) is 59.9 cm³/mol. The standard InChI is InChI=1S/C10H13N2.C2HF3O2/c1-10(2)7-11-9-8(10)5-4-6-12(9)3;3-2(4,5)1(6)7/h4-7H,1-3H3;(H,6,7)/q+1;/p-1. The first-order chi connectivity index (χ1) is 8.55. The van der Waals surface area contributed by atoms with Crippen LogP contribution in [0.15, 0.2) is 23.3 Å². The molecule has 0 fully saturated rings. The van der Waals surface area contributed by atoms with Crippen molar-refractivity contribution in [1.29, 1.82) is 0 Å². The van der Waals surface area contributed by atoms with Crippen molar-refractivity contribution in [2.75, 3.05) is 0 Å². The molecule has 0 atom stereocenters. The van der Waals surface area contributed by atoms with Gasteiger partial charge in [0, 0.05) is 0 Å². The van der Waals surface area contributed by atoms with E-state index in [0.717, 1.165) is 5.82 Å². The second-order valence-corrected chi connectivity index (χ2v) is 4.62. The van der Waals surface area contributed by atoms with Crippen LogP contribution in [0.25, 0.3) is 0 Å². The fraction of sp³-hybridized carbons (Fsp3) is 0.417. The minimum Gasteiger partial charge on any atom is -0.542 e. The Bertz CT molecular complexity index is 522. The van der Waals surface area contributed by atoms with Gasteiger partial charge in [0.05, 0.1) is 24.2 Å². The Kier molecular flexibility index (Phi) is 3.97. The molecule has 0 aliphatic carbocycles. The van der Waals surface area contributed by atoms with Crippen LogP contribution in [0.3, 0.4) is 0 Å². The van der Waals surface area contributed by atoms with Crippen molar-refractivity contribution in [1.82, 2.24) is 0 Å². The first kappa shape index (κ1) is 15.1. The summed E-state index contributed by atoms with van der Waals surface area (Å²) in [5.41, 5.74) is 1.42. The highest BCUT2D eigenvalue weighted by Gasteiger charge is 2.34. The van der Waals surface area contributed by atoms with E-state index in [0.29, 0.717) is 0 Å². The summed E-state index contributed by atoms with van der Waals surface area (Å²) in [6, 6.07) is 4.21. The van der Waals surface area contributed by atoms with Gasteiger partial charge in [-0.1, -0.05) is 4.99 Å². The molecule has 1 aromatic rings. The lowest BCUT2D eigenvalue weighted by molar-refractivity contribution is -0.658. The molecule has 0 unspecified atom stereocenters. The monoisotopic (exact) mass is 274 g/mol. The second kappa shape index (κ2) is 4.99. The summed E-state index contributed by atoms with van der Waals surface area (Å²) < 4.78 is 33.6. The average Bonchev–Trinajstić information content (AvgIpc) is 2.56. The zero-order valence-electron chi connectivity index (χ0n) is 10.7. The minimum atomic E-state index is -5.19. The van der Waals surface area contributed by atoms with Gasteiger partial charge < -0.3 is 9.90 Å². The molecule has 2 rings (SSSR count). The van der Waals surface area contributed by atoms with E-state index in [1.165, 1.54) is 5.56 Å². The predicted octanol–water partition coefficient (Wildman–Crippen LogP) is 0.803. The van der Waals surface area contributed by atoms with Crippen LogP contribution in [0.4, 0.5) is 19.0 Å². The van der Waals surface area contributed by atoms with E-state index in [1.807, 2.05) is 19.5 Å². The number of fused-ring (bicyclic) bond motifs is 1. The molecule has 1 aromatic heterocycles. The summed E-state index contributed by atoms with van der Waals surface area (Å²) in [7, 11) is 2.03. The van der Waals surface area contributed by atoms with Crippen molar-refractivity contribution in [3.05, 3.63) is 23.9 Å². The van der Waals surface area contributed by atoms with Crippen LogP contribution in [0.1, 0.15) is 19.4 Å². The number of aryl methyl sites for hydroxylation is 1. The smallest absolute Gasteiger partial charge is 0.430 e. The van der Waals surface area contributed by atoms with Gasteiger partial charge in [-0.2, -0.15) is 13.2 Å². The third-order valence-electron chi connectivity index (χ3n) is 2.58. The summed E-state index contributed by atoms with van der Waals surface area (Å²) in [5, 5.41) is 8.78. The SMILES string of the molecule is C[n+]1cccc2c1N=CC2(C)C.O=C([O-])C(F)(F)F. The number of hydrogen-bond donors (Lipinski definition) is 0. The summed E-state index contributed by atoms with van der Waals surface area (Å²) in [4.78, 5) is 13.2. The topological polar surface area (TPSA) is 56.4 Å². The number of carboxylic acids is 1. The van der Waals surface area contributed by atoms with E-state index in [1.54, 1.807) is 0 Å². The largest absolute Gasteiger partial charge is 0.542 e. The number of pyridine rings is 1. The Balaban J connectivity index is 0.000000224. The highest BCUT2D eigenvalue weighted by atomic mass is 19.4. The number of aliphatic carboxylic acids is 1. The van der Waals surface area contributed by atoms with Crippen molar-refractivity contribution < 1.29 is 27.6 Å². The Labute approximate surface area is 108 Å². The number of nitrogens with zero attached hydrogens (tertiary/aromatic N) is 2. The number of aliphatic imine (C=N–C) groups is 1. The van der Waals surface area contributed by atoms with E-state index in [-0.39, 0.29) is 5.41 Å². The first-order valence-corrected chi connectivity index (χ1v) is 5.38. The van der Waals surface area contributed by atoms with Crippen molar-refractivity contribution in [2.45, 2.75) is 25.4 Å². The van der Waals surface area contributed by atoms with Gasteiger partial charge in [0.2, 0.25) is 0 Å². The lowest BCUT2D eigenvalue weighted by atomic mass is 9.88. The average molecular weight is 274 g/mol. The van der Waals surface area contributed by atoms with Crippen molar-refractivity contribution >= 4 is 18.0 Å². The zero-order chi connectivity index (χ0) is 14.8. The maximum atomic E-state index is 10.5. The lowest BCUT2D eigenvalue weighted by Crippen LogP contribution is -2.37. The van der Waals surface area contributed by atoms with Crippen LogP contribution in [0.2, 0.25) is 0 Å². The molecule has 7 heteroatoms. The number of aromatic nitrogens is 1. The summed E-state index contributed by atoms with van der Waals surface area (Å²) in [6.45, 7) is 4.37. The molecule has 0 bridgehead atoms. The Morgan fingerprint density at radius 1 is 1.42 bits per heavy atom. The molecule has 19 heavy (non-hydrogen) atoms. The van der Waals surface area contributed by atoms with Crippen molar-refractivity contribution in [3.63, 3.8) is 0 Å². The Morgan fingerprint density at radius 3 is 2.37 bits per heavy atom. The Morgan fingerprint density at radius 2 is 1.95 bits per heavy atom. The molecule has 0 saturated heterocycles. The Hall–Kier alpha value is -1.92. The van der Waals surface area contributed by atoms with Gasteiger partial charge in [-0.05, 0) is 26.0 Å². The number of alkyl halides is 3. The molecule has 0 aromatic carbocycles. The normalized spacial score (nSPS) is 15.5. The van der Waals surface area contributed by atoms with Gasteiger partial charge in [0.15, 0.2) is 0 Å². The highest BCUT2D eigenvalue weighted by molar-refractivity contribution is 5.81. The number of rotatable bonds is 0. The molecule has 0 radical (unpaired) electrons. The lowest BCUT2D eigenvalue weighted by Gasteiger charge is -2.11. The minimum absolute atomic E-state index is 0.106. The summed E-state index contributed by atoms with van der Waals surface area (Å²) in [5.74, 6) is -1.92. The van der Waals surface area contributed by atoms with Gasteiger partial charge >= 0.3 is 12.0 Å². The fourth-order valence-electron chi connectivity index (χ4n) is 1.56. The quantitative estimate of drug-likeness (QED) is 0.657. The molecular formula is C12H13F3N2O2. The van der Waals surface area contributed by atoms with Gasteiger partial charge in [0.1, 0.15) is 12.2 Å². The maximum Gasteiger partial charge on any atom is 0.430 e. The molecule has 0 N–H and O–H groups in total. The number of carbonyl (C=O) groups is 1. The van der Waals surface area contributed by atoms with Crippen LogP contribution >= 0.6 is 0 Å². The van der Waals surface area contributed by atoms with Crippen LogP contribution in [0, 0.1) is 0 Å². The van der Waals surface area contributed by atoms with Crippen molar-refractivity contribution in [2.24, 2.45) is 12.0 Å². The number of halogens is 3. The number of carboxylic acid groups (broad SMARTS) is 1. The van der Waals surface area contributed by atoms with E-state index in [4.69, 9.17) is 9.90 Å². The molecule has 0 spiro atoms.